The highest BCUT2D eigenvalue weighted by molar-refractivity contribution is 4.70. The minimum atomic E-state index is 0.725. The Bertz CT molecular complexity index is 161. The normalized spacial score (nSPS) is 27.2. The van der Waals surface area contributed by atoms with E-state index >= 15 is 0 Å². The van der Waals surface area contributed by atoms with Crippen molar-refractivity contribution in [3.8, 4) is 0 Å². The van der Waals surface area contributed by atoms with E-state index in [9.17, 15) is 0 Å². The van der Waals surface area contributed by atoms with Crippen LogP contribution in [0.5, 0.6) is 0 Å². The molecule has 0 bridgehead atoms. The van der Waals surface area contributed by atoms with Crippen LogP contribution < -0.4 is 5.43 Å². The zero-order valence-electron chi connectivity index (χ0n) is 9.71. The largest absolute Gasteiger partial charge is 0.379 e. The Morgan fingerprint density at radius 1 is 0.867 bits per heavy atom. The van der Waals surface area contributed by atoms with Crippen LogP contribution in [-0.4, -0.2) is 37.4 Å². The fourth-order valence-electron chi connectivity index (χ4n) is 2.54. The molecule has 0 aromatic rings. The molecule has 0 unspecified atom stereocenters. The van der Waals surface area contributed by atoms with Gasteiger partial charge < -0.3 is 4.74 Å². The summed E-state index contributed by atoms with van der Waals surface area (Å²) in [6.07, 6.45) is 9.84. The van der Waals surface area contributed by atoms with Crippen molar-refractivity contribution < 1.29 is 4.74 Å². The van der Waals surface area contributed by atoms with Gasteiger partial charge in [-0.1, -0.05) is 32.1 Å². The second-order valence-electron chi connectivity index (χ2n) is 4.77. The number of ether oxygens (including phenoxy) is 1. The van der Waals surface area contributed by atoms with Crippen molar-refractivity contribution in [2.75, 3.05) is 26.3 Å². The van der Waals surface area contributed by atoms with Crippen molar-refractivity contribution >= 4 is 0 Å². The van der Waals surface area contributed by atoms with Crippen molar-refractivity contribution in [2.24, 2.45) is 0 Å². The van der Waals surface area contributed by atoms with E-state index in [-0.39, 0.29) is 0 Å². The van der Waals surface area contributed by atoms with Gasteiger partial charge in [0.05, 0.1) is 13.2 Å². The number of nitrogens with zero attached hydrogens (tertiary/aromatic N) is 1. The third-order valence-corrected chi connectivity index (χ3v) is 3.48. The zero-order valence-corrected chi connectivity index (χ0v) is 9.71. The van der Waals surface area contributed by atoms with E-state index in [0.29, 0.717) is 0 Å². The molecular formula is C12H24N2O. The predicted molar refractivity (Wildman–Crippen MR) is 61.6 cm³/mol. The van der Waals surface area contributed by atoms with Crippen LogP contribution in [0.25, 0.3) is 0 Å². The zero-order chi connectivity index (χ0) is 10.3. The van der Waals surface area contributed by atoms with Crippen LogP contribution >= 0.6 is 0 Å². The van der Waals surface area contributed by atoms with Crippen LogP contribution in [0.4, 0.5) is 0 Å². The van der Waals surface area contributed by atoms with Gasteiger partial charge in [-0.15, -0.1) is 0 Å². The molecule has 0 amide bonds. The lowest BCUT2D eigenvalue weighted by molar-refractivity contribution is 0.00137. The molecule has 3 heteroatoms. The molecular weight excluding hydrogens is 188 g/mol. The van der Waals surface area contributed by atoms with E-state index in [1.807, 2.05) is 0 Å². The summed E-state index contributed by atoms with van der Waals surface area (Å²) in [5.74, 6) is 0. The van der Waals surface area contributed by atoms with Crippen LogP contribution in [0.15, 0.2) is 0 Å². The first-order valence-corrected chi connectivity index (χ1v) is 6.54. The summed E-state index contributed by atoms with van der Waals surface area (Å²) in [6, 6.07) is 0.725. The maximum atomic E-state index is 5.35. The smallest absolute Gasteiger partial charge is 0.0608 e. The molecule has 0 atom stereocenters. The van der Waals surface area contributed by atoms with Gasteiger partial charge in [0.2, 0.25) is 0 Å². The topological polar surface area (TPSA) is 24.5 Å². The van der Waals surface area contributed by atoms with Gasteiger partial charge in [-0.25, -0.2) is 5.01 Å². The molecule has 1 N–H and O–H groups in total. The lowest BCUT2D eigenvalue weighted by Crippen LogP contribution is -2.50. The molecule has 1 heterocycles. The van der Waals surface area contributed by atoms with E-state index in [1.165, 1.54) is 44.9 Å². The molecule has 0 radical (unpaired) electrons. The van der Waals surface area contributed by atoms with Gasteiger partial charge in [-0.3, -0.25) is 5.43 Å². The monoisotopic (exact) mass is 212 g/mol. The second-order valence-corrected chi connectivity index (χ2v) is 4.77. The number of nitrogens with one attached hydrogen (secondary N) is 1. The summed E-state index contributed by atoms with van der Waals surface area (Å²) < 4.78 is 5.35. The lowest BCUT2D eigenvalue weighted by atomic mass is 9.97. The quantitative estimate of drug-likeness (QED) is 0.757. The number of hydrogen-bond acceptors (Lipinski definition) is 3. The first-order chi connectivity index (χ1) is 7.45. The summed E-state index contributed by atoms with van der Waals surface area (Å²) in [5, 5.41) is 2.36. The first kappa shape index (κ1) is 11.4. The minimum absolute atomic E-state index is 0.725. The number of hydrogen-bond donors (Lipinski definition) is 1. The van der Waals surface area contributed by atoms with Crippen LogP contribution in [0, 0.1) is 0 Å². The van der Waals surface area contributed by atoms with E-state index in [0.717, 1.165) is 32.3 Å². The Labute approximate surface area is 93.1 Å². The number of morpholine rings is 1. The number of rotatable bonds is 2. The summed E-state index contributed by atoms with van der Waals surface area (Å²) in [6.45, 7) is 3.88. The van der Waals surface area contributed by atoms with Gasteiger partial charge in [0.25, 0.3) is 0 Å². The summed E-state index contributed by atoms with van der Waals surface area (Å²) in [4.78, 5) is 0. The fourth-order valence-corrected chi connectivity index (χ4v) is 2.54. The van der Waals surface area contributed by atoms with Crippen molar-refractivity contribution in [3.63, 3.8) is 0 Å². The molecule has 1 aliphatic carbocycles. The van der Waals surface area contributed by atoms with Crippen LogP contribution in [-0.2, 0) is 4.74 Å². The third kappa shape index (κ3) is 4.09. The summed E-state index contributed by atoms with van der Waals surface area (Å²) in [7, 11) is 0. The van der Waals surface area contributed by atoms with E-state index in [4.69, 9.17) is 4.74 Å². The van der Waals surface area contributed by atoms with Gasteiger partial charge in [0.1, 0.15) is 0 Å². The second kappa shape index (κ2) is 6.46. The maximum Gasteiger partial charge on any atom is 0.0608 e. The van der Waals surface area contributed by atoms with Crippen molar-refractivity contribution in [3.05, 3.63) is 0 Å². The Balaban J connectivity index is 1.70. The molecule has 1 saturated carbocycles. The van der Waals surface area contributed by atoms with E-state index in [1.54, 1.807) is 0 Å². The first-order valence-electron chi connectivity index (χ1n) is 6.54. The van der Waals surface area contributed by atoms with Crippen LogP contribution in [0.2, 0.25) is 0 Å². The Hall–Kier alpha value is -0.120. The van der Waals surface area contributed by atoms with Crippen LogP contribution in [0.1, 0.15) is 44.9 Å². The summed E-state index contributed by atoms with van der Waals surface area (Å²) >= 11 is 0. The Morgan fingerprint density at radius 3 is 2.13 bits per heavy atom. The van der Waals surface area contributed by atoms with E-state index < -0.39 is 0 Å². The number of hydrazine groups is 1. The van der Waals surface area contributed by atoms with Gasteiger partial charge in [-0.05, 0) is 12.8 Å². The molecule has 2 fully saturated rings. The Kier molecular flexibility index (Phi) is 4.90. The SMILES string of the molecule is C1CCCC(NN2CCOCC2)CCC1. The van der Waals surface area contributed by atoms with Crippen molar-refractivity contribution in [1.29, 1.82) is 0 Å². The van der Waals surface area contributed by atoms with Gasteiger partial charge >= 0.3 is 0 Å². The molecule has 1 saturated heterocycles. The maximum absolute atomic E-state index is 5.35. The van der Waals surface area contributed by atoms with Gasteiger partial charge in [0.15, 0.2) is 0 Å². The lowest BCUT2D eigenvalue weighted by Gasteiger charge is -2.32. The molecule has 1 aliphatic heterocycles. The third-order valence-electron chi connectivity index (χ3n) is 3.48. The molecule has 0 spiro atoms. The highest BCUT2D eigenvalue weighted by Crippen LogP contribution is 2.17. The molecule has 15 heavy (non-hydrogen) atoms. The molecule has 0 aromatic carbocycles. The predicted octanol–water partition coefficient (Wildman–Crippen LogP) is 1.94. The minimum Gasteiger partial charge on any atom is -0.379 e. The molecule has 88 valence electrons. The van der Waals surface area contributed by atoms with Crippen molar-refractivity contribution in [2.45, 2.75) is 51.0 Å². The van der Waals surface area contributed by atoms with Gasteiger partial charge in [0, 0.05) is 19.1 Å². The van der Waals surface area contributed by atoms with Gasteiger partial charge in [-0.2, -0.15) is 0 Å². The molecule has 3 nitrogen and oxygen atoms in total. The standard InChI is InChI=1S/C12H24N2O/c1-2-4-6-12(7-5-3-1)13-14-8-10-15-11-9-14/h12-13H,1-11H2. The Morgan fingerprint density at radius 2 is 1.47 bits per heavy atom. The van der Waals surface area contributed by atoms with E-state index in [2.05, 4.69) is 10.4 Å². The average Bonchev–Trinajstić information content (AvgIpc) is 2.23. The highest BCUT2D eigenvalue weighted by Gasteiger charge is 2.16. The molecule has 2 aliphatic rings. The molecule has 2 rings (SSSR count). The summed E-state index contributed by atoms with van der Waals surface area (Å²) in [5.41, 5.74) is 3.68. The van der Waals surface area contributed by atoms with Crippen LogP contribution in [0.3, 0.4) is 0 Å². The van der Waals surface area contributed by atoms with Crippen molar-refractivity contribution in [1.82, 2.24) is 10.4 Å². The molecule has 0 aromatic heterocycles. The fraction of sp³-hybridized carbons (Fsp3) is 1.00. The highest BCUT2D eigenvalue weighted by atomic mass is 16.5. The average molecular weight is 212 g/mol.